The Morgan fingerprint density at radius 2 is 1.94 bits per heavy atom. The van der Waals surface area contributed by atoms with Gasteiger partial charge in [-0.1, -0.05) is 12.1 Å². The summed E-state index contributed by atoms with van der Waals surface area (Å²) >= 11 is 0. The smallest absolute Gasteiger partial charge is 0.119 e. The molecule has 7 heteroatoms. The zero-order valence-corrected chi connectivity index (χ0v) is 19.9. The summed E-state index contributed by atoms with van der Waals surface area (Å²) in [5.41, 5.74) is 6.26. The molecule has 0 bridgehead atoms. The summed E-state index contributed by atoms with van der Waals surface area (Å²) in [5.74, 6) is 0.836. The Labute approximate surface area is 205 Å². The van der Waals surface area contributed by atoms with Crippen molar-refractivity contribution >= 4 is 22.3 Å². The summed E-state index contributed by atoms with van der Waals surface area (Å²) in [4.78, 5) is 9.97. The molecule has 3 heterocycles. The van der Waals surface area contributed by atoms with E-state index in [0.29, 0.717) is 12.2 Å². The Bertz CT molecular complexity index is 1330. The van der Waals surface area contributed by atoms with E-state index in [9.17, 15) is 5.26 Å². The van der Waals surface area contributed by atoms with Crippen LogP contribution < -0.4 is 10.1 Å². The minimum atomic E-state index is 0.500. The number of aryl methyl sites for hydroxylation is 1. The lowest BCUT2D eigenvalue weighted by Gasteiger charge is -2.26. The van der Waals surface area contributed by atoms with Gasteiger partial charge in [-0.2, -0.15) is 5.26 Å². The molecule has 0 radical (unpaired) electrons. The number of hydrogen-bond donors (Lipinski definition) is 2. The molecule has 0 aliphatic carbocycles. The van der Waals surface area contributed by atoms with E-state index in [-0.39, 0.29) is 0 Å². The number of hydrogen-bond acceptors (Lipinski definition) is 6. The van der Waals surface area contributed by atoms with Gasteiger partial charge in [0.2, 0.25) is 0 Å². The Morgan fingerprint density at radius 1 is 1.11 bits per heavy atom. The van der Waals surface area contributed by atoms with Crippen molar-refractivity contribution in [1.82, 2.24) is 14.9 Å². The number of pyridine rings is 1. The van der Waals surface area contributed by atoms with Crippen LogP contribution in [0.5, 0.6) is 5.75 Å². The number of morpholine rings is 1. The predicted molar refractivity (Wildman–Crippen MR) is 138 cm³/mol. The number of aromatic nitrogens is 2. The van der Waals surface area contributed by atoms with E-state index in [1.165, 1.54) is 0 Å². The van der Waals surface area contributed by atoms with E-state index in [1.54, 1.807) is 12.4 Å². The first kappa shape index (κ1) is 22.9. The summed E-state index contributed by atoms with van der Waals surface area (Å²) in [5, 5.41) is 14.4. The molecule has 0 unspecified atom stereocenters. The standard InChI is InChI=1S/C28H29N5O2/c1-20-24-9-10-31-27(24)8-7-26(20)32-28-22(17-29)18-30-19-25(28)21-3-5-23(6-4-21)35-14-2-11-33-12-15-34-16-13-33/h3-10,18-19,31H,2,11-16H2,1H3,(H,30,32). The first-order valence-electron chi connectivity index (χ1n) is 12.0. The van der Waals surface area contributed by atoms with E-state index < -0.39 is 0 Å². The number of fused-ring (bicyclic) bond motifs is 1. The second-order valence-electron chi connectivity index (χ2n) is 8.70. The van der Waals surface area contributed by atoms with Crippen LogP contribution in [0.15, 0.2) is 61.1 Å². The van der Waals surface area contributed by atoms with Gasteiger partial charge in [-0.15, -0.1) is 0 Å². The van der Waals surface area contributed by atoms with Crippen LogP contribution in [-0.2, 0) is 4.74 Å². The van der Waals surface area contributed by atoms with Gasteiger partial charge in [0.1, 0.15) is 11.8 Å². The number of benzene rings is 2. The summed E-state index contributed by atoms with van der Waals surface area (Å²) in [6.45, 7) is 7.42. The predicted octanol–water partition coefficient (Wildman–Crippen LogP) is 5.25. The third-order valence-corrected chi connectivity index (χ3v) is 6.49. The van der Waals surface area contributed by atoms with Crippen LogP contribution in [-0.4, -0.2) is 54.3 Å². The van der Waals surface area contributed by atoms with Crippen LogP contribution in [0.2, 0.25) is 0 Å². The highest BCUT2D eigenvalue weighted by Gasteiger charge is 2.14. The molecule has 1 saturated heterocycles. The normalized spacial score (nSPS) is 14.1. The Hall–Kier alpha value is -3.86. The zero-order valence-electron chi connectivity index (χ0n) is 19.9. The quantitative estimate of drug-likeness (QED) is 0.344. The molecule has 1 fully saturated rings. The number of ether oxygens (including phenoxy) is 2. The second-order valence-corrected chi connectivity index (χ2v) is 8.70. The molecule has 5 rings (SSSR count). The molecule has 4 aromatic rings. The van der Waals surface area contributed by atoms with Crippen molar-refractivity contribution < 1.29 is 9.47 Å². The molecule has 1 aliphatic rings. The number of H-pyrrole nitrogens is 1. The maximum atomic E-state index is 9.77. The first-order chi connectivity index (χ1) is 17.2. The average molecular weight is 468 g/mol. The number of nitrogens with one attached hydrogen (secondary N) is 2. The van der Waals surface area contributed by atoms with Crippen LogP contribution >= 0.6 is 0 Å². The second kappa shape index (κ2) is 10.6. The first-order valence-corrected chi connectivity index (χ1v) is 12.0. The molecule has 2 N–H and O–H groups in total. The molecular weight excluding hydrogens is 438 g/mol. The molecule has 0 amide bonds. The number of nitrogens with zero attached hydrogens (tertiary/aromatic N) is 3. The number of aromatic amines is 1. The lowest BCUT2D eigenvalue weighted by molar-refractivity contribution is 0.0358. The number of nitriles is 1. The van der Waals surface area contributed by atoms with Crippen LogP contribution in [0.4, 0.5) is 11.4 Å². The lowest BCUT2D eigenvalue weighted by atomic mass is 10.0. The SMILES string of the molecule is Cc1c(Nc2c(C#N)cncc2-c2ccc(OCCCN3CCOCC3)cc2)ccc2[nH]ccc12. The third kappa shape index (κ3) is 5.14. The highest BCUT2D eigenvalue weighted by Crippen LogP contribution is 2.35. The molecule has 2 aromatic heterocycles. The van der Waals surface area contributed by atoms with Crippen LogP contribution in [0.1, 0.15) is 17.5 Å². The summed E-state index contributed by atoms with van der Waals surface area (Å²) in [6.07, 6.45) is 6.31. The molecule has 0 spiro atoms. The number of rotatable bonds is 8. The van der Waals surface area contributed by atoms with Crippen LogP contribution in [0, 0.1) is 18.3 Å². The van der Waals surface area contributed by atoms with Crippen LogP contribution in [0.25, 0.3) is 22.0 Å². The van der Waals surface area contributed by atoms with E-state index >= 15 is 0 Å². The van der Waals surface area contributed by atoms with Crippen molar-refractivity contribution in [2.45, 2.75) is 13.3 Å². The Balaban J connectivity index is 1.31. The summed E-state index contributed by atoms with van der Waals surface area (Å²) < 4.78 is 11.4. The minimum absolute atomic E-state index is 0.500. The minimum Gasteiger partial charge on any atom is -0.494 e. The fourth-order valence-corrected chi connectivity index (χ4v) is 4.49. The fraction of sp³-hybridized carbons (Fsp3) is 0.286. The summed E-state index contributed by atoms with van der Waals surface area (Å²) in [7, 11) is 0. The van der Waals surface area contributed by atoms with Crippen molar-refractivity contribution in [3.05, 3.63) is 72.2 Å². The molecule has 0 saturated carbocycles. The Kier molecular flexibility index (Phi) is 6.94. The molecule has 1 aliphatic heterocycles. The van der Waals surface area contributed by atoms with Gasteiger partial charge in [0, 0.05) is 60.4 Å². The van der Waals surface area contributed by atoms with Gasteiger partial charge in [-0.25, -0.2) is 0 Å². The molecule has 178 valence electrons. The lowest BCUT2D eigenvalue weighted by Crippen LogP contribution is -2.37. The Morgan fingerprint density at radius 3 is 2.74 bits per heavy atom. The van der Waals surface area contributed by atoms with E-state index in [2.05, 4.69) is 39.2 Å². The van der Waals surface area contributed by atoms with Crippen molar-refractivity contribution in [3.8, 4) is 22.9 Å². The zero-order chi connectivity index (χ0) is 24.0. The van der Waals surface area contributed by atoms with Crippen molar-refractivity contribution in [1.29, 1.82) is 5.26 Å². The molecule has 7 nitrogen and oxygen atoms in total. The molecule has 0 atom stereocenters. The van der Waals surface area contributed by atoms with Gasteiger partial charge in [0.25, 0.3) is 0 Å². The van der Waals surface area contributed by atoms with Crippen molar-refractivity contribution in [2.24, 2.45) is 0 Å². The van der Waals surface area contributed by atoms with E-state index in [0.717, 1.165) is 84.0 Å². The van der Waals surface area contributed by atoms with Crippen molar-refractivity contribution in [3.63, 3.8) is 0 Å². The number of anilines is 2. The molecule has 2 aromatic carbocycles. The van der Waals surface area contributed by atoms with E-state index in [4.69, 9.17) is 9.47 Å². The highest BCUT2D eigenvalue weighted by atomic mass is 16.5. The van der Waals surface area contributed by atoms with Crippen LogP contribution in [0.3, 0.4) is 0 Å². The largest absolute Gasteiger partial charge is 0.494 e. The van der Waals surface area contributed by atoms with E-state index in [1.807, 2.05) is 42.6 Å². The fourth-order valence-electron chi connectivity index (χ4n) is 4.49. The summed E-state index contributed by atoms with van der Waals surface area (Å²) in [6, 6.07) is 16.4. The maximum absolute atomic E-state index is 9.77. The monoisotopic (exact) mass is 467 g/mol. The average Bonchev–Trinajstić information content (AvgIpc) is 3.39. The van der Waals surface area contributed by atoms with Gasteiger partial charge >= 0.3 is 0 Å². The molecule has 35 heavy (non-hydrogen) atoms. The maximum Gasteiger partial charge on any atom is 0.119 e. The molecular formula is C28H29N5O2. The topological polar surface area (TPSA) is 86.2 Å². The van der Waals surface area contributed by atoms with Crippen molar-refractivity contribution in [2.75, 3.05) is 44.8 Å². The third-order valence-electron chi connectivity index (χ3n) is 6.49. The van der Waals surface area contributed by atoms with Gasteiger partial charge in [-0.05, 0) is 54.8 Å². The van der Waals surface area contributed by atoms with Gasteiger partial charge in [0.05, 0.1) is 31.1 Å². The van der Waals surface area contributed by atoms with Gasteiger partial charge in [-0.3, -0.25) is 9.88 Å². The highest BCUT2D eigenvalue weighted by molar-refractivity contribution is 5.91. The van der Waals surface area contributed by atoms with Gasteiger partial charge < -0.3 is 19.8 Å². The van der Waals surface area contributed by atoms with Gasteiger partial charge in [0.15, 0.2) is 0 Å².